The standard InChI is InChI=1S/3FH.Tm/h3*1H;/q;;;+3/p-3. The average Bonchev–Trinajstić information content (AvgIpc) is 0.811. The number of hydrogen-bond donors (Lipinski definition) is 0. The first-order chi connectivity index (χ1) is 1.73. The van der Waals surface area contributed by atoms with Gasteiger partial charge in [0.2, 0.25) is 0 Å². The van der Waals surface area contributed by atoms with Crippen LogP contribution in [0.15, 0.2) is 0 Å². The first-order valence-corrected chi connectivity index (χ1v) is 2.33. The average molecular weight is 226 g/mol. The quantitative estimate of drug-likeness (QED) is 0.583. The van der Waals surface area contributed by atoms with Gasteiger partial charge in [0.25, 0.3) is 0 Å². The summed E-state index contributed by atoms with van der Waals surface area (Å²) in [5, 5.41) is 0. The van der Waals surface area contributed by atoms with E-state index in [1.807, 2.05) is 0 Å². The van der Waals surface area contributed by atoms with Crippen molar-refractivity contribution in [1.82, 2.24) is 0 Å². The third-order valence-electron chi connectivity index (χ3n) is 0. The van der Waals surface area contributed by atoms with E-state index in [0.717, 1.165) is 0 Å². The maximum atomic E-state index is 9.80. The molecule has 4 heavy (non-hydrogen) atoms. The minimum atomic E-state index is -4.57. The van der Waals surface area contributed by atoms with E-state index in [0.29, 0.717) is 0 Å². The second-order valence-corrected chi connectivity index (χ2v) is 0.882. The second kappa shape index (κ2) is 2.27. The van der Waals surface area contributed by atoms with Crippen LogP contribution in [0.1, 0.15) is 0 Å². The van der Waals surface area contributed by atoms with Gasteiger partial charge >= 0.3 is 37.8 Å². The van der Waals surface area contributed by atoms with Gasteiger partial charge in [-0.2, -0.15) is 0 Å². The molecule has 0 nitrogen and oxygen atoms in total. The van der Waals surface area contributed by atoms with Gasteiger partial charge in [-0.25, -0.2) is 0 Å². The molecule has 0 aliphatic carbocycles. The Labute approximate surface area is 37.7 Å². The van der Waals surface area contributed by atoms with E-state index < -0.39 is 33.4 Å². The predicted molar refractivity (Wildman–Crippen MR) is 3.32 cm³/mol. The fourth-order valence-corrected chi connectivity index (χ4v) is 0. The summed E-state index contributed by atoms with van der Waals surface area (Å²) in [5.74, 6) is 0. The molecule has 0 heterocycles. The van der Waals surface area contributed by atoms with E-state index in [4.69, 9.17) is 0 Å². The summed E-state index contributed by atoms with van der Waals surface area (Å²) in [6, 6.07) is 0. The molecule has 0 bridgehead atoms. The normalized spacial score (nSPS) is 11.2. The van der Waals surface area contributed by atoms with Gasteiger partial charge in [0.15, 0.2) is 0 Å². The molecule has 0 unspecified atom stereocenters. The monoisotopic (exact) mass is 226 g/mol. The summed E-state index contributed by atoms with van der Waals surface area (Å²) in [5.41, 5.74) is 0. The van der Waals surface area contributed by atoms with Gasteiger partial charge in [-0.3, -0.25) is 0 Å². The van der Waals surface area contributed by atoms with E-state index in [-0.39, 0.29) is 0 Å². The van der Waals surface area contributed by atoms with Crippen LogP contribution < -0.4 is 0 Å². The molecule has 0 aromatic carbocycles. The van der Waals surface area contributed by atoms with Crippen LogP contribution in [0.25, 0.3) is 0 Å². The van der Waals surface area contributed by atoms with Crippen molar-refractivity contribution >= 4 is 0 Å². The van der Waals surface area contributed by atoms with E-state index in [2.05, 4.69) is 0 Å². The van der Waals surface area contributed by atoms with Crippen LogP contribution in [0.5, 0.6) is 0 Å². The minimum absolute atomic E-state index is 4.57. The number of hydrogen-bond acceptors (Lipinski definition) is 0. The maximum absolute atomic E-state index is 9.80. The molecule has 0 rings (SSSR count). The van der Waals surface area contributed by atoms with Crippen LogP contribution >= 0.6 is 0 Å². The molecule has 0 aliphatic heterocycles. The summed E-state index contributed by atoms with van der Waals surface area (Å²) in [6.07, 6.45) is 0. The topological polar surface area (TPSA) is 0 Å². The Morgan fingerprint density at radius 2 is 1.00 bits per heavy atom. The van der Waals surface area contributed by atoms with E-state index in [1.165, 1.54) is 0 Å². The third-order valence-corrected chi connectivity index (χ3v) is 0. The van der Waals surface area contributed by atoms with E-state index >= 15 is 0 Å². The zero-order valence-electron chi connectivity index (χ0n) is 1.41. The molecule has 0 aromatic heterocycles. The molecular formula is F3Tm. The Morgan fingerprint density at radius 3 is 1.00 bits per heavy atom. The van der Waals surface area contributed by atoms with Crippen molar-refractivity contribution < 1.29 is 37.8 Å². The molecular weight excluding hydrogens is 226 g/mol. The van der Waals surface area contributed by atoms with E-state index in [1.54, 1.807) is 0 Å². The zero-order chi connectivity index (χ0) is 3.58. The molecule has 0 amide bonds. The van der Waals surface area contributed by atoms with Crippen LogP contribution in [0.2, 0.25) is 0 Å². The van der Waals surface area contributed by atoms with Crippen LogP contribution in [0, 0.1) is 33.4 Å². The Kier molecular flexibility index (Phi) is 2.85. The van der Waals surface area contributed by atoms with Gasteiger partial charge < -0.3 is 0 Å². The van der Waals surface area contributed by atoms with Gasteiger partial charge in [0.1, 0.15) is 0 Å². The zero-order valence-corrected chi connectivity index (χ0v) is 3.19. The molecule has 0 N–H and O–H groups in total. The summed E-state index contributed by atoms with van der Waals surface area (Å²) in [7, 11) is 0. The van der Waals surface area contributed by atoms with Gasteiger partial charge in [-0.15, -0.1) is 0 Å². The van der Waals surface area contributed by atoms with Crippen molar-refractivity contribution in [2.75, 3.05) is 0 Å². The molecule has 0 atom stereocenters. The predicted octanol–water partition coefficient (Wildman–Crippen LogP) is 1.26. The van der Waals surface area contributed by atoms with Crippen LogP contribution in [0.4, 0.5) is 4.39 Å². The fourth-order valence-electron chi connectivity index (χ4n) is 0. The third kappa shape index (κ3) is 11.8. The van der Waals surface area contributed by atoms with Crippen molar-refractivity contribution in [2.45, 2.75) is 0 Å². The summed E-state index contributed by atoms with van der Waals surface area (Å²) >= 11 is -4.57. The Morgan fingerprint density at radius 1 is 1.00 bits per heavy atom. The molecule has 0 aliphatic rings. The number of rotatable bonds is 0. The summed E-state index contributed by atoms with van der Waals surface area (Å²) in [6.45, 7) is 0. The SMILES string of the molecule is [F][Tm]([F])[F]. The molecule has 0 spiro atoms. The van der Waals surface area contributed by atoms with Gasteiger partial charge in [-0.1, -0.05) is 0 Å². The fraction of sp³-hybridized carbons (Fsp3) is 0. The van der Waals surface area contributed by atoms with Crippen LogP contribution in [-0.4, -0.2) is 0 Å². The first-order valence-electron chi connectivity index (χ1n) is 0.314. The molecule has 0 aromatic rings. The number of halogens is 3. The van der Waals surface area contributed by atoms with Crippen LogP contribution in [-0.2, 0) is 0 Å². The Balaban J connectivity index is 2.32. The van der Waals surface area contributed by atoms with Gasteiger partial charge in [-0.05, 0) is 0 Å². The molecule has 34 valence electrons. The van der Waals surface area contributed by atoms with Crippen molar-refractivity contribution in [3.63, 3.8) is 0 Å². The Bertz CT molecular complexity index is 8.00. The van der Waals surface area contributed by atoms with Gasteiger partial charge in [0, 0.05) is 0 Å². The Hall–Kier alpha value is 1.02. The molecule has 4 heteroatoms. The van der Waals surface area contributed by atoms with Crippen LogP contribution in [0.3, 0.4) is 0 Å². The van der Waals surface area contributed by atoms with Gasteiger partial charge in [0.05, 0.1) is 0 Å². The molecule has 0 radical (unpaired) electrons. The molecule has 0 saturated carbocycles. The van der Waals surface area contributed by atoms with Crippen molar-refractivity contribution in [2.24, 2.45) is 0 Å². The summed E-state index contributed by atoms with van der Waals surface area (Å²) < 4.78 is 29.4. The summed E-state index contributed by atoms with van der Waals surface area (Å²) in [4.78, 5) is 0. The second-order valence-electron chi connectivity index (χ2n) is 0.119. The van der Waals surface area contributed by atoms with Crippen molar-refractivity contribution in [3.05, 3.63) is 0 Å². The molecule has 0 saturated heterocycles. The first kappa shape index (κ1) is 5.02. The van der Waals surface area contributed by atoms with Crippen molar-refractivity contribution in [3.8, 4) is 0 Å². The van der Waals surface area contributed by atoms with Crippen molar-refractivity contribution in [1.29, 1.82) is 0 Å². The van der Waals surface area contributed by atoms with E-state index in [9.17, 15) is 4.39 Å². The molecule has 0 fully saturated rings.